The summed E-state index contributed by atoms with van der Waals surface area (Å²) in [7, 11) is 0. The Kier molecular flexibility index (Phi) is 16.4. The Morgan fingerprint density at radius 3 is 2.04 bits per heavy atom. The maximum atomic E-state index is 13.5. The number of rotatable bonds is 19. The molecule has 252 valence electrons. The average Bonchev–Trinajstić information content (AvgIpc) is 2.95. The van der Waals surface area contributed by atoms with Gasteiger partial charge in [-0.15, -0.1) is 0 Å². The number of carbonyl (C=O) groups is 6. The maximum absolute atomic E-state index is 13.5. The van der Waals surface area contributed by atoms with E-state index in [0.29, 0.717) is 24.7 Å². The highest BCUT2D eigenvalue weighted by atomic mass is 16.6. The number of nitrogens with one attached hydrogen (secondary N) is 4. The number of esters is 1. The van der Waals surface area contributed by atoms with Gasteiger partial charge >= 0.3 is 11.9 Å². The number of carbonyl (C=O) groups excluding carboxylic acids is 5. The Hall–Kier alpha value is -3.84. The number of ether oxygens (including phenoxy) is 1. The molecule has 0 saturated heterocycles. The van der Waals surface area contributed by atoms with E-state index in [2.05, 4.69) is 21.4 Å². The lowest BCUT2D eigenvalue weighted by Gasteiger charge is -2.27. The normalized spacial score (nSPS) is 14.8. The SMILES string of the molecule is CC[C@H](C)[C@H](NOCc1ccc(C(=O)O)cc1)C(=O)N[C@@H](CCC(=O)OC(C)(C)C)C(=O)N[C@@H](C)C(=O)N[C@H](C=O)CC(C)C. The molecule has 0 aliphatic carbocycles. The van der Waals surface area contributed by atoms with Crippen LogP contribution in [0.2, 0.25) is 0 Å². The van der Waals surface area contributed by atoms with Crippen LogP contribution in [0.5, 0.6) is 0 Å². The van der Waals surface area contributed by atoms with Crippen molar-refractivity contribution < 1.29 is 43.4 Å². The third kappa shape index (κ3) is 15.1. The van der Waals surface area contributed by atoms with Crippen molar-refractivity contribution in [3.63, 3.8) is 0 Å². The van der Waals surface area contributed by atoms with Gasteiger partial charge in [-0.05, 0) is 70.1 Å². The maximum Gasteiger partial charge on any atom is 0.335 e. The molecule has 45 heavy (non-hydrogen) atoms. The number of hydrogen-bond acceptors (Lipinski definition) is 9. The molecule has 1 aromatic rings. The fourth-order valence-corrected chi connectivity index (χ4v) is 4.15. The van der Waals surface area contributed by atoms with Crippen LogP contribution in [0.3, 0.4) is 0 Å². The summed E-state index contributed by atoms with van der Waals surface area (Å²) in [5.74, 6) is -3.51. The predicted octanol–water partition coefficient (Wildman–Crippen LogP) is 2.66. The molecular weight excluding hydrogens is 584 g/mol. The minimum absolute atomic E-state index is 0.0356. The molecule has 0 fully saturated rings. The Bertz CT molecular complexity index is 1150. The fraction of sp³-hybridized carbons (Fsp3) is 0.625. The number of benzene rings is 1. The molecule has 13 heteroatoms. The van der Waals surface area contributed by atoms with Gasteiger partial charge in [0.15, 0.2) is 0 Å². The number of hydrogen-bond donors (Lipinski definition) is 5. The molecule has 13 nitrogen and oxygen atoms in total. The van der Waals surface area contributed by atoms with Crippen molar-refractivity contribution in [1.82, 2.24) is 21.4 Å². The summed E-state index contributed by atoms with van der Waals surface area (Å²) in [5, 5.41) is 16.9. The quantitative estimate of drug-likeness (QED) is 0.0860. The number of aromatic carboxylic acids is 1. The monoisotopic (exact) mass is 634 g/mol. The Morgan fingerprint density at radius 1 is 0.911 bits per heavy atom. The van der Waals surface area contributed by atoms with E-state index in [1.807, 2.05) is 27.7 Å². The van der Waals surface area contributed by atoms with Crippen molar-refractivity contribution in [3.05, 3.63) is 35.4 Å². The van der Waals surface area contributed by atoms with E-state index in [1.54, 1.807) is 32.9 Å². The van der Waals surface area contributed by atoms with Crippen molar-refractivity contribution in [2.45, 2.75) is 117 Å². The van der Waals surface area contributed by atoms with E-state index in [-0.39, 0.29) is 36.8 Å². The lowest BCUT2D eigenvalue weighted by atomic mass is 9.98. The van der Waals surface area contributed by atoms with Gasteiger partial charge in [-0.2, -0.15) is 5.48 Å². The summed E-state index contributed by atoms with van der Waals surface area (Å²) in [6.07, 6.45) is 1.38. The van der Waals surface area contributed by atoms with Crippen LogP contribution in [0, 0.1) is 11.8 Å². The minimum atomic E-state index is -1.20. The third-order valence-electron chi connectivity index (χ3n) is 6.80. The molecule has 0 bridgehead atoms. The van der Waals surface area contributed by atoms with Gasteiger partial charge in [0.2, 0.25) is 17.7 Å². The molecule has 0 radical (unpaired) electrons. The molecule has 0 unspecified atom stereocenters. The van der Waals surface area contributed by atoms with Crippen molar-refractivity contribution in [2.75, 3.05) is 0 Å². The van der Waals surface area contributed by atoms with Crippen LogP contribution in [-0.2, 0) is 40.2 Å². The van der Waals surface area contributed by atoms with Gasteiger partial charge < -0.3 is 30.6 Å². The number of hydroxylamine groups is 1. The van der Waals surface area contributed by atoms with Crippen LogP contribution in [0.25, 0.3) is 0 Å². The summed E-state index contributed by atoms with van der Waals surface area (Å²) in [4.78, 5) is 80.0. The zero-order valence-electron chi connectivity index (χ0n) is 27.6. The van der Waals surface area contributed by atoms with Crippen LogP contribution >= 0.6 is 0 Å². The summed E-state index contributed by atoms with van der Waals surface area (Å²) >= 11 is 0. The molecule has 0 spiro atoms. The molecule has 0 aliphatic heterocycles. The molecule has 0 aliphatic rings. The van der Waals surface area contributed by atoms with Gasteiger partial charge in [0.1, 0.15) is 30.0 Å². The van der Waals surface area contributed by atoms with Crippen LogP contribution < -0.4 is 21.4 Å². The van der Waals surface area contributed by atoms with E-state index in [4.69, 9.17) is 14.7 Å². The van der Waals surface area contributed by atoms with Crippen molar-refractivity contribution in [1.29, 1.82) is 0 Å². The van der Waals surface area contributed by atoms with E-state index in [0.717, 1.165) is 0 Å². The Labute approximate surface area is 265 Å². The predicted molar refractivity (Wildman–Crippen MR) is 167 cm³/mol. The number of aldehydes is 1. The second kappa shape index (κ2) is 18.8. The summed E-state index contributed by atoms with van der Waals surface area (Å²) in [6, 6.07) is 2.24. The Morgan fingerprint density at radius 2 is 1.53 bits per heavy atom. The van der Waals surface area contributed by atoms with Crippen LogP contribution in [0.15, 0.2) is 24.3 Å². The molecule has 0 heterocycles. The molecule has 5 N–H and O–H groups in total. The third-order valence-corrected chi connectivity index (χ3v) is 6.80. The summed E-state index contributed by atoms with van der Waals surface area (Å²) in [6.45, 7) is 14.2. The second-order valence-corrected chi connectivity index (χ2v) is 12.6. The van der Waals surface area contributed by atoms with Crippen LogP contribution in [0.4, 0.5) is 0 Å². The molecule has 1 aromatic carbocycles. The molecule has 0 saturated carbocycles. The number of carboxylic acids is 1. The lowest BCUT2D eigenvalue weighted by Crippen LogP contribution is -2.57. The highest BCUT2D eigenvalue weighted by Crippen LogP contribution is 2.13. The first-order valence-corrected chi connectivity index (χ1v) is 15.2. The van der Waals surface area contributed by atoms with Crippen molar-refractivity contribution in [2.24, 2.45) is 11.8 Å². The number of amides is 3. The van der Waals surface area contributed by atoms with Gasteiger partial charge in [0, 0.05) is 6.42 Å². The standard InChI is InChI=1S/C32H50N4O9/c1-9-20(4)27(36-44-18-22-10-12-23(13-11-22)31(42)43)30(41)35-25(14-15-26(38)45-32(6,7)8)29(40)33-21(5)28(39)34-24(17-37)16-19(2)3/h10-13,17,19-21,24-25,27,36H,9,14-16,18H2,1-8H3,(H,33,40)(H,34,39)(H,35,41)(H,42,43)/t20-,21-,24-,25-,27-/m0/s1. The van der Waals surface area contributed by atoms with Gasteiger partial charge in [-0.3, -0.25) is 24.0 Å². The average molecular weight is 635 g/mol. The van der Waals surface area contributed by atoms with E-state index < -0.39 is 59.4 Å². The highest BCUT2D eigenvalue weighted by molar-refractivity contribution is 5.93. The molecule has 0 aromatic heterocycles. The van der Waals surface area contributed by atoms with Crippen LogP contribution in [-0.4, -0.2) is 70.8 Å². The molecule has 1 rings (SSSR count). The van der Waals surface area contributed by atoms with Crippen LogP contribution in [0.1, 0.15) is 97.0 Å². The molecule has 5 atom stereocenters. The second-order valence-electron chi connectivity index (χ2n) is 12.6. The minimum Gasteiger partial charge on any atom is -0.478 e. The first-order valence-electron chi connectivity index (χ1n) is 15.2. The van der Waals surface area contributed by atoms with Crippen molar-refractivity contribution in [3.8, 4) is 0 Å². The first kappa shape index (κ1) is 39.2. The molecular formula is C32H50N4O9. The highest BCUT2D eigenvalue weighted by Gasteiger charge is 2.31. The fourth-order valence-electron chi connectivity index (χ4n) is 4.15. The van der Waals surface area contributed by atoms with E-state index >= 15 is 0 Å². The largest absolute Gasteiger partial charge is 0.478 e. The molecule has 3 amide bonds. The number of carboxylic acid groups (broad SMARTS) is 1. The topological polar surface area (TPSA) is 189 Å². The van der Waals surface area contributed by atoms with Gasteiger partial charge in [0.25, 0.3) is 0 Å². The zero-order valence-corrected chi connectivity index (χ0v) is 27.6. The van der Waals surface area contributed by atoms with Gasteiger partial charge in [0.05, 0.1) is 18.2 Å². The zero-order chi connectivity index (χ0) is 34.3. The summed E-state index contributed by atoms with van der Waals surface area (Å²) in [5.41, 5.74) is 2.81. The first-order chi connectivity index (χ1) is 21.0. The lowest BCUT2D eigenvalue weighted by molar-refractivity contribution is -0.155. The van der Waals surface area contributed by atoms with Crippen molar-refractivity contribution >= 4 is 35.9 Å². The van der Waals surface area contributed by atoms with Gasteiger partial charge in [-0.25, -0.2) is 4.79 Å². The van der Waals surface area contributed by atoms with E-state index in [9.17, 15) is 28.8 Å². The van der Waals surface area contributed by atoms with E-state index in [1.165, 1.54) is 19.1 Å². The smallest absolute Gasteiger partial charge is 0.335 e. The van der Waals surface area contributed by atoms with Gasteiger partial charge in [-0.1, -0.05) is 46.2 Å². The summed E-state index contributed by atoms with van der Waals surface area (Å²) < 4.78 is 5.35. The Balaban J connectivity index is 3.03.